The summed E-state index contributed by atoms with van der Waals surface area (Å²) in [6.45, 7) is 7.80. The van der Waals surface area contributed by atoms with Gasteiger partial charge in [0.1, 0.15) is 17.3 Å². The molecule has 0 saturated heterocycles. The van der Waals surface area contributed by atoms with E-state index in [0.29, 0.717) is 35.2 Å². The largest absolute Gasteiger partial charge is 0.479 e. The quantitative estimate of drug-likeness (QED) is 0.282. The number of rotatable bonds is 10. The molecule has 1 unspecified atom stereocenters. The first kappa shape index (κ1) is 26.7. The molecule has 1 N–H and O–H groups in total. The van der Waals surface area contributed by atoms with E-state index in [1.165, 1.54) is 12.1 Å². The SMILES string of the molecule is CCC(Oc1ccc(SCc2cc(-c3ccc(C(F)(F)F)cc3)oc2CC(C)C)cc1C)C(=O)O. The molecule has 0 radical (unpaired) electrons. The molecule has 8 heteroatoms. The van der Waals surface area contributed by atoms with Gasteiger partial charge in [-0.05, 0) is 61.2 Å². The Morgan fingerprint density at radius 3 is 2.34 bits per heavy atom. The van der Waals surface area contributed by atoms with Gasteiger partial charge in [0.25, 0.3) is 0 Å². The Labute approximate surface area is 207 Å². The lowest BCUT2D eigenvalue weighted by Crippen LogP contribution is -2.26. The molecule has 0 fully saturated rings. The molecule has 0 spiro atoms. The minimum absolute atomic E-state index is 0.352. The summed E-state index contributed by atoms with van der Waals surface area (Å²) in [7, 11) is 0. The van der Waals surface area contributed by atoms with Crippen molar-refractivity contribution in [1.82, 2.24) is 0 Å². The molecule has 0 saturated carbocycles. The molecular formula is C27H29F3O4S. The summed E-state index contributed by atoms with van der Waals surface area (Å²) in [6, 6.07) is 12.5. The molecule has 3 aromatic rings. The minimum Gasteiger partial charge on any atom is -0.479 e. The third kappa shape index (κ3) is 7.07. The van der Waals surface area contributed by atoms with Crippen LogP contribution in [0.1, 0.15) is 49.6 Å². The molecule has 3 rings (SSSR count). The average Bonchev–Trinajstić information content (AvgIpc) is 3.18. The zero-order chi connectivity index (χ0) is 25.8. The van der Waals surface area contributed by atoms with Crippen LogP contribution in [0.4, 0.5) is 13.2 Å². The maximum atomic E-state index is 12.9. The van der Waals surface area contributed by atoms with Crippen molar-refractivity contribution in [2.45, 2.75) is 63.5 Å². The summed E-state index contributed by atoms with van der Waals surface area (Å²) >= 11 is 1.60. The second-order valence-electron chi connectivity index (χ2n) is 8.80. The number of alkyl halides is 3. The minimum atomic E-state index is -4.38. The first-order valence-electron chi connectivity index (χ1n) is 11.4. The van der Waals surface area contributed by atoms with E-state index >= 15 is 0 Å². The zero-order valence-corrected chi connectivity index (χ0v) is 20.9. The molecule has 4 nitrogen and oxygen atoms in total. The van der Waals surface area contributed by atoms with Gasteiger partial charge in [-0.1, -0.05) is 32.9 Å². The van der Waals surface area contributed by atoms with Crippen LogP contribution < -0.4 is 4.74 Å². The zero-order valence-electron chi connectivity index (χ0n) is 20.1. The fraction of sp³-hybridized carbons (Fsp3) is 0.370. The van der Waals surface area contributed by atoms with E-state index in [1.54, 1.807) is 24.8 Å². The Morgan fingerprint density at radius 2 is 1.80 bits per heavy atom. The Morgan fingerprint density at radius 1 is 1.11 bits per heavy atom. The van der Waals surface area contributed by atoms with Crippen LogP contribution in [0.3, 0.4) is 0 Å². The van der Waals surface area contributed by atoms with Crippen LogP contribution in [0.2, 0.25) is 0 Å². The number of halogens is 3. The lowest BCUT2D eigenvalue weighted by Gasteiger charge is -2.15. The number of thioether (sulfide) groups is 1. The van der Waals surface area contributed by atoms with Crippen molar-refractivity contribution in [3.8, 4) is 17.1 Å². The maximum Gasteiger partial charge on any atom is 0.416 e. The van der Waals surface area contributed by atoms with Gasteiger partial charge in [-0.25, -0.2) is 4.79 Å². The molecule has 0 aliphatic heterocycles. The molecule has 188 valence electrons. The number of furan rings is 1. The van der Waals surface area contributed by atoms with Gasteiger partial charge in [0.05, 0.1) is 5.56 Å². The highest BCUT2D eigenvalue weighted by Gasteiger charge is 2.30. The molecule has 35 heavy (non-hydrogen) atoms. The molecule has 0 amide bonds. The summed E-state index contributed by atoms with van der Waals surface area (Å²) < 4.78 is 50.4. The smallest absolute Gasteiger partial charge is 0.416 e. The normalized spacial score (nSPS) is 12.7. The fourth-order valence-electron chi connectivity index (χ4n) is 3.56. The average molecular weight is 507 g/mol. The second-order valence-corrected chi connectivity index (χ2v) is 9.85. The standard InChI is InChI=1S/C27H29F3O4S/c1-5-22(26(31)32)33-23-11-10-21(13-17(23)4)35-15-19-14-25(34-24(19)12-16(2)3)18-6-8-20(9-7-18)27(28,29)30/h6-11,13-14,16,22H,5,12,15H2,1-4H3,(H,31,32). The van der Waals surface area contributed by atoms with Crippen LogP contribution in [-0.4, -0.2) is 17.2 Å². The molecule has 0 aliphatic carbocycles. The molecule has 0 bridgehead atoms. The number of hydrogen-bond acceptors (Lipinski definition) is 4. The first-order valence-corrected chi connectivity index (χ1v) is 12.4. The molecular weight excluding hydrogens is 477 g/mol. The number of aliphatic carboxylic acids is 1. The summed E-state index contributed by atoms with van der Waals surface area (Å²) in [5.74, 6) is 1.89. The summed E-state index contributed by atoms with van der Waals surface area (Å²) in [4.78, 5) is 12.2. The van der Waals surface area contributed by atoms with Gasteiger partial charge in [-0.3, -0.25) is 0 Å². The summed E-state index contributed by atoms with van der Waals surface area (Å²) in [6.07, 6.45) is -4.18. The van der Waals surface area contributed by atoms with E-state index in [4.69, 9.17) is 9.15 Å². The van der Waals surface area contributed by atoms with E-state index in [1.807, 2.05) is 25.1 Å². The molecule has 1 atom stereocenters. The van der Waals surface area contributed by atoms with Gasteiger partial charge < -0.3 is 14.3 Å². The molecule has 1 aromatic heterocycles. The third-order valence-electron chi connectivity index (χ3n) is 5.44. The fourth-order valence-corrected chi connectivity index (χ4v) is 4.56. The summed E-state index contributed by atoms with van der Waals surface area (Å²) in [5, 5.41) is 9.22. The van der Waals surface area contributed by atoms with Crippen LogP contribution in [0.15, 0.2) is 57.8 Å². The maximum absolute atomic E-state index is 12.9. The third-order valence-corrected chi connectivity index (χ3v) is 6.49. The van der Waals surface area contributed by atoms with Crippen molar-refractivity contribution >= 4 is 17.7 Å². The van der Waals surface area contributed by atoms with Crippen molar-refractivity contribution in [1.29, 1.82) is 0 Å². The number of carboxylic acid groups (broad SMARTS) is 1. The predicted molar refractivity (Wildman–Crippen MR) is 131 cm³/mol. The number of hydrogen-bond donors (Lipinski definition) is 1. The van der Waals surface area contributed by atoms with Gasteiger partial charge in [0.2, 0.25) is 0 Å². The van der Waals surface area contributed by atoms with E-state index in [9.17, 15) is 23.1 Å². The second kappa shape index (κ2) is 11.2. The lowest BCUT2D eigenvalue weighted by molar-refractivity contribution is -0.145. The van der Waals surface area contributed by atoms with Gasteiger partial charge in [-0.15, -0.1) is 11.8 Å². The highest BCUT2D eigenvalue weighted by molar-refractivity contribution is 7.98. The Hall–Kier alpha value is -2.87. The van der Waals surface area contributed by atoms with Gasteiger partial charge in [0.15, 0.2) is 6.10 Å². The summed E-state index contributed by atoms with van der Waals surface area (Å²) in [5.41, 5.74) is 1.74. The highest BCUT2D eigenvalue weighted by atomic mass is 32.2. The van der Waals surface area contributed by atoms with E-state index in [0.717, 1.165) is 40.3 Å². The van der Waals surface area contributed by atoms with Crippen molar-refractivity contribution in [3.63, 3.8) is 0 Å². The van der Waals surface area contributed by atoms with Crippen molar-refractivity contribution < 1.29 is 32.2 Å². The lowest BCUT2D eigenvalue weighted by atomic mass is 10.1. The van der Waals surface area contributed by atoms with E-state index in [-0.39, 0.29) is 0 Å². The van der Waals surface area contributed by atoms with Crippen molar-refractivity contribution in [2.24, 2.45) is 5.92 Å². The van der Waals surface area contributed by atoms with E-state index in [2.05, 4.69) is 13.8 Å². The van der Waals surface area contributed by atoms with Crippen LogP contribution in [0.25, 0.3) is 11.3 Å². The highest BCUT2D eigenvalue weighted by Crippen LogP contribution is 2.35. The van der Waals surface area contributed by atoms with E-state index < -0.39 is 23.8 Å². The van der Waals surface area contributed by atoms with Crippen LogP contribution in [-0.2, 0) is 23.1 Å². The first-order chi connectivity index (χ1) is 16.5. The van der Waals surface area contributed by atoms with Gasteiger partial charge in [-0.2, -0.15) is 13.2 Å². The topological polar surface area (TPSA) is 59.7 Å². The number of carbonyl (C=O) groups is 1. The van der Waals surface area contributed by atoms with Gasteiger partial charge in [0, 0.05) is 28.2 Å². The monoisotopic (exact) mass is 506 g/mol. The Kier molecular flexibility index (Phi) is 8.59. The number of carboxylic acids is 1. The van der Waals surface area contributed by atoms with Gasteiger partial charge >= 0.3 is 12.1 Å². The Balaban J connectivity index is 1.78. The number of ether oxygens (including phenoxy) is 1. The molecule has 2 aromatic carbocycles. The van der Waals surface area contributed by atoms with Crippen LogP contribution in [0, 0.1) is 12.8 Å². The molecule has 0 aliphatic rings. The van der Waals surface area contributed by atoms with Crippen LogP contribution >= 0.6 is 11.8 Å². The molecule has 1 heterocycles. The Bertz CT molecular complexity index is 1150. The predicted octanol–water partition coefficient (Wildman–Crippen LogP) is 8.01. The number of aryl methyl sites for hydroxylation is 1. The van der Waals surface area contributed by atoms with Crippen molar-refractivity contribution in [3.05, 3.63) is 71.0 Å². The van der Waals surface area contributed by atoms with Crippen LogP contribution in [0.5, 0.6) is 5.75 Å². The number of benzene rings is 2. The van der Waals surface area contributed by atoms with Crippen molar-refractivity contribution in [2.75, 3.05) is 0 Å².